The first-order chi connectivity index (χ1) is 7.70. The van der Waals surface area contributed by atoms with Gasteiger partial charge in [0.25, 0.3) is 0 Å². The fourth-order valence-electron chi connectivity index (χ4n) is 2.88. The highest BCUT2D eigenvalue weighted by Gasteiger charge is 2.30. The standard InChI is InChI=1S/C14H28N2/c1-4-11(2)14-10-16(12(3)8-15-14)9-13-6-5-7-13/h11-15H,4-10H2,1-3H3. The van der Waals surface area contributed by atoms with E-state index in [2.05, 4.69) is 31.0 Å². The minimum absolute atomic E-state index is 0.723. The Balaban J connectivity index is 1.84. The Kier molecular flexibility index (Phi) is 4.26. The largest absolute Gasteiger partial charge is 0.311 e. The number of hydrogen-bond acceptors (Lipinski definition) is 2. The minimum Gasteiger partial charge on any atom is -0.311 e. The van der Waals surface area contributed by atoms with Gasteiger partial charge in [0.1, 0.15) is 0 Å². The van der Waals surface area contributed by atoms with Crippen molar-refractivity contribution >= 4 is 0 Å². The van der Waals surface area contributed by atoms with Gasteiger partial charge in [-0.25, -0.2) is 0 Å². The lowest BCUT2D eigenvalue weighted by molar-refractivity contribution is 0.0827. The van der Waals surface area contributed by atoms with Gasteiger partial charge in [0.2, 0.25) is 0 Å². The van der Waals surface area contributed by atoms with Gasteiger partial charge in [0.05, 0.1) is 0 Å². The molecule has 2 fully saturated rings. The van der Waals surface area contributed by atoms with Crippen LogP contribution >= 0.6 is 0 Å². The Morgan fingerprint density at radius 2 is 2.12 bits per heavy atom. The molecule has 3 unspecified atom stereocenters. The number of hydrogen-bond donors (Lipinski definition) is 1. The minimum atomic E-state index is 0.723. The number of piperazine rings is 1. The molecular formula is C14H28N2. The molecule has 2 heteroatoms. The lowest BCUT2D eigenvalue weighted by Gasteiger charge is -2.43. The van der Waals surface area contributed by atoms with Crippen molar-refractivity contribution in [1.82, 2.24) is 10.2 Å². The summed E-state index contributed by atoms with van der Waals surface area (Å²) in [6, 6.07) is 1.46. The fraction of sp³-hybridized carbons (Fsp3) is 1.00. The zero-order valence-electron chi connectivity index (χ0n) is 11.2. The van der Waals surface area contributed by atoms with Crippen LogP contribution in [0.1, 0.15) is 46.5 Å². The maximum Gasteiger partial charge on any atom is 0.0221 e. The summed E-state index contributed by atoms with van der Waals surface area (Å²) in [5.41, 5.74) is 0. The lowest BCUT2D eigenvalue weighted by Crippen LogP contribution is -2.58. The maximum absolute atomic E-state index is 3.72. The molecule has 1 aliphatic heterocycles. The van der Waals surface area contributed by atoms with Crippen LogP contribution in [0.2, 0.25) is 0 Å². The van der Waals surface area contributed by atoms with Crippen LogP contribution in [0.25, 0.3) is 0 Å². The zero-order chi connectivity index (χ0) is 11.5. The predicted molar refractivity (Wildman–Crippen MR) is 69.6 cm³/mol. The second-order valence-corrected chi connectivity index (χ2v) is 6.00. The van der Waals surface area contributed by atoms with E-state index in [0.29, 0.717) is 0 Å². The first-order valence-electron chi connectivity index (χ1n) is 7.18. The van der Waals surface area contributed by atoms with E-state index in [1.807, 2.05) is 0 Å². The van der Waals surface area contributed by atoms with Gasteiger partial charge in [0, 0.05) is 31.7 Å². The SMILES string of the molecule is CCC(C)C1CN(CC2CCC2)C(C)CN1. The second-order valence-electron chi connectivity index (χ2n) is 6.00. The average molecular weight is 224 g/mol. The van der Waals surface area contributed by atoms with Crippen LogP contribution in [0.5, 0.6) is 0 Å². The summed E-state index contributed by atoms with van der Waals surface area (Å²) in [6.45, 7) is 10.9. The van der Waals surface area contributed by atoms with E-state index >= 15 is 0 Å². The smallest absolute Gasteiger partial charge is 0.0221 e. The molecule has 1 N–H and O–H groups in total. The van der Waals surface area contributed by atoms with E-state index in [9.17, 15) is 0 Å². The molecule has 2 nitrogen and oxygen atoms in total. The zero-order valence-corrected chi connectivity index (χ0v) is 11.2. The quantitative estimate of drug-likeness (QED) is 0.789. The number of rotatable bonds is 4. The molecule has 0 aromatic heterocycles. The van der Waals surface area contributed by atoms with Gasteiger partial charge in [-0.05, 0) is 31.6 Å². The van der Waals surface area contributed by atoms with Gasteiger partial charge in [-0.15, -0.1) is 0 Å². The molecule has 16 heavy (non-hydrogen) atoms. The van der Waals surface area contributed by atoms with Crippen molar-refractivity contribution in [2.75, 3.05) is 19.6 Å². The second kappa shape index (κ2) is 5.50. The van der Waals surface area contributed by atoms with Crippen LogP contribution in [-0.2, 0) is 0 Å². The first-order valence-corrected chi connectivity index (χ1v) is 7.18. The van der Waals surface area contributed by atoms with Crippen molar-refractivity contribution in [3.05, 3.63) is 0 Å². The molecule has 1 saturated heterocycles. The molecule has 2 aliphatic rings. The third-order valence-electron chi connectivity index (χ3n) is 4.78. The Labute approximate surface area is 101 Å². The van der Waals surface area contributed by atoms with Crippen molar-refractivity contribution in [2.45, 2.75) is 58.5 Å². The summed E-state index contributed by atoms with van der Waals surface area (Å²) in [5.74, 6) is 1.83. The third-order valence-corrected chi connectivity index (χ3v) is 4.78. The monoisotopic (exact) mass is 224 g/mol. The number of nitrogens with one attached hydrogen (secondary N) is 1. The summed E-state index contributed by atoms with van der Waals surface area (Å²) in [5, 5.41) is 3.72. The van der Waals surface area contributed by atoms with E-state index < -0.39 is 0 Å². The molecule has 0 amide bonds. The third kappa shape index (κ3) is 2.78. The molecule has 3 atom stereocenters. The van der Waals surface area contributed by atoms with Gasteiger partial charge in [-0.2, -0.15) is 0 Å². The molecule has 94 valence electrons. The van der Waals surface area contributed by atoms with E-state index in [1.54, 1.807) is 0 Å². The van der Waals surface area contributed by atoms with Crippen molar-refractivity contribution in [1.29, 1.82) is 0 Å². The van der Waals surface area contributed by atoms with E-state index in [0.717, 1.165) is 23.9 Å². The first kappa shape index (κ1) is 12.4. The van der Waals surface area contributed by atoms with Crippen molar-refractivity contribution < 1.29 is 0 Å². The summed E-state index contributed by atoms with van der Waals surface area (Å²) in [6.07, 6.45) is 5.72. The van der Waals surface area contributed by atoms with E-state index in [4.69, 9.17) is 0 Å². The normalized spacial score (nSPS) is 34.7. The molecule has 1 heterocycles. The van der Waals surface area contributed by atoms with E-state index in [-0.39, 0.29) is 0 Å². The van der Waals surface area contributed by atoms with Crippen molar-refractivity contribution in [3.63, 3.8) is 0 Å². The Bertz CT molecular complexity index is 213. The molecular weight excluding hydrogens is 196 g/mol. The highest BCUT2D eigenvalue weighted by atomic mass is 15.2. The Morgan fingerprint density at radius 1 is 1.38 bits per heavy atom. The summed E-state index contributed by atoms with van der Waals surface area (Å²) >= 11 is 0. The highest BCUT2D eigenvalue weighted by molar-refractivity contribution is 4.88. The van der Waals surface area contributed by atoms with Crippen LogP contribution in [0.15, 0.2) is 0 Å². The Morgan fingerprint density at radius 3 is 2.69 bits per heavy atom. The fourth-order valence-corrected chi connectivity index (χ4v) is 2.88. The van der Waals surface area contributed by atoms with Crippen LogP contribution in [0.3, 0.4) is 0 Å². The van der Waals surface area contributed by atoms with Gasteiger partial charge >= 0.3 is 0 Å². The number of nitrogens with zero attached hydrogens (tertiary/aromatic N) is 1. The predicted octanol–water partition coefficient (Wildman–Crippen LogP) is 2.49. The van der Waals surface area contributed by atoms with Crippen molar-refractivity contribution in [3.8, 4) is 0 Å². The highest BCUT2D eigenvalue weighted by Crippen LogP contribution is 2.28. The van der Waals surface area contributed by atoms with Gasteiger partial charge in [-0.3, -0.25) is 4.90 Å². The molecule has 0 aromatic rings. The van der Waals surface area contributed by atoms with Gasteiger partial charge < -0.3 is 5.32 Å². The van der Waals surface area contributed by atoms with Gasteiger partial charge in [0.15, 0.2) is 0 Å². The van der Waals surface area contributed by atoms with E-state index in [1.165, 1.54) is 45.3 Å². The Hall–Kier alpha value is -0.0800. The van der Waals surface area contributed by atoms with Crippen LogP contribution in [0.4, 0.5) is 0 Å². The summed E-state index contributed by atoms with van der Waals surface area (Å²) in [7, 11) is 0. The molecule has 0 radical (unpaired) electrons. The summed E-state index contributed by atoms with van der Waals surface area (Å²) < 4.78 is 0. The molecule has 0 spiro atoms. The molecule has 1 aliphatic carbocycles. The average Bonchev–Trinajstić information content (AvgIpc) is 2.24. The molecule has 0 bridgehead atoms. The van der Waals surface area contributed by atoms with Crippen LogP contribution < -0.4 is 5.32 Å². The lowest BCUT2D eigenvalue weighted by atomic mass is 9.84. The van der Waals surface area contributed by atoms with Crippen LogP contribution in [-0.4, -0.2) is 36.6 Å². The van der Waals surface area contributed by atoms with Crippen LogP contribution in [0, 0.1) is 11.8 Å². The molecule has 0 aromatic carbocycles. The van der Waals surface area contributed by atoms with Crippen molar-refractivity contribution in [2.24, 2.45) is 11.8 Å². The molecule has 2 rings (SSSR count). The van der Waals surface area contributed by atoms with Gasteiger partial charge in [-0.1, -0.05) is 26.7 Å². The molecule has 1 saturated carbocycles. The topological polar surface area (TPSA) is 15.3 Å². The maximum atomic E-state index is 3.72. The summed E-state index contributed by atoms with van der Waals surface area (Å²) in [4.78, 5) is 2.73.